The summed E-state index contributed by atoms with van der Waals surface area (Å²) in [5.41, 5.74) is 2.11. The van der Waals surface area contributed by atoms with Crippen LogP contribution in [0.3, 0.4) is 0 Å². The maximum Gasteiger partial charge on any atom is 0.284 e. The Morgan fingerprint density at radius 3 is 2.72 bits per heavy atom. The van der Waals surface area contributed by atoms with E-state index >= 15 is 0 Å². The zero-order valence-electron chi connectivity index (χ0n) is 14.2. The van der Waals surface area contributed by atoms with Crippen molar-refractivity contribution in [3.63, 3.8) is 0 Å². The van der Waals surface area contributed by atoms with Gasteiger partial charge in [-0.15, -0.1) is 0 Å². The second-order valence-corrected chi connectivity index (χ2v) is 6.72. The quantitative estimate of drug-likeness (QED) is 0.613. The average molecular weight is 365 g/mol. The predicted molar refractivity (Wildman–Crippen MR) is 96.7 cm³/mol. The number of imidazole rings is 1. The Morgan fingerprint density at radius 2 is 1.96 bits per heavy atom. The van der Waals surface area contributed by atoms with Gasteiger partial charge in [-0.2, -0.15) is 8.78 Å². The van der Waals surface area contributed by atoms with Gasteiger partial charge < -0.3 is 14.3 Å². The van der Waals surface area contributed by atoms with E-state index in [0.717, 1.165) is 29.2 Å². The zero-order chi connectivity index (χ0) is 17.8. The Morgan fingerprint density at radius 1 is 1.20 bits per heavy atom. The lowest BCUT2D eigenvalue weighted by molar-refractivity contribution is 0.251. The predicted octanol–water partition coefficient (Wildman–Crippen LogP) is 4.96. The van der Waals surface area contributed by atoms with Crippen molar-refractivity contribution in [2.75, 3.05) is 0 Å². The van der Waals surface area contributed by atoms with Crippen LogP contribution in [0.4, 0.5) is 8.78 Å². The molecule has 1 atom stereocenters. The summed E-state index contributed by atoms with van der Waals surface area (Å²) >= 11 is 0.565. The van der Waals surface area contributed by atoms with Gasteiger partial charge in [-0.1, -0.05) is 23.9 Å². The summed E-state index contributed by atoms with van der Waals surface area (Å²) in [5, 5.41) is 3.40. The Kier molecular flexibility index (Phi) is 5.75. The smallest absolute Gasteiger partial charge is 0.284 e. The summed E-state index contributed by atoms with van der Waals surface area (Å²) in [6, 6.07) is 11.7. The van der Waals surface area contributed by atoms with Gasteiger partial charge in [0.15, 0.2) is 0 Å². The molecule has 0 aliphatic carbocycles. The van der Waals surface area contributed by atoms with Gasteiger partial charge in [0.25, 0.3) is 5.76 Å². The average Bonchev–Trinajstić information content (AvgIpc) is 3.21. The van der Waals surface area contributed by atoms with Gasteiger partial charge in [0.2, 0.25) is 0 Å². The van der Waals surface area contributed by atoms with Gasteiger partial charge in [-0.25, -0.2) is 4.98 Å². The molecule has 1 N–H and O–H groups in total. The molecule has 3 rings (SSSR count). The molecule has 1 aromatic carbocycles. The van der Waals surface area contributed by atoms with E-state index in [1.165, 1.54) is 0 Å². The Bertz CT molecular complexity index is 831. The number of alkyl halides is 2. The standard InChI is InChI=1S/C18H21F2N3OS/c1-3-23-16-7-5-4-6-15(16)22-17(23)12(2)21-10-13-8-9-14(24-13)11-25-18(19)20/h4-9,12,18,21H,3,10-11H2,1-2H3. The topological polar surface area (TPSA) is 43.0 Å². The van der Waals surface area contributed by atoms with Crippen molar-refractivity contribution < 1.29 is 13.2 Å². The van der Waals surface area contributed by atoms with Crippen molar-refractivity contribution in [2.45, 2.75) is 44.5 Å². The Hall–Kier alpha value is -1.86. The van der Waals surface area contributed by atoms with Crippen molar-refractivity contribution in [3.05, 3.63) is 53.7 Å². The first-order valence-corrected chi connectivity index (χ1v) is 9.29. The number of aromatic nitrogens is 2. The first-order chi connectivity index (χ1) is 12.1. The van der Waals surface area contributed by atoms with Crippen LogP contribution in [0.1, 0.15) is 37.2 Å². The molecule has 7 heteroatoms. The summed E-state index contributed by atoms with van der Waals surface area (Å²) < 4.78 is 32.2. The number of para-hydroxylation sites is 2. The van der Waals surface area contributed by atoms with Crippen molar-refractivity contribution in [1.29, 1.82) is 0 Å². The number of furan rings is 1. The van der Waals surface area contributed by atoms with E-state index in [-0.39, 0.29) is 11.8 Å². The number of fused-ring (bicyclic) bond motifs is 1. The number of rotatable bonds is 8. The molecule has 0 aliphatic heterocycles. The molecule has 0 radical (unpaired) electrons. The zero-order valence-corrected chi connectivity index (χ0v) is 15.0. The number of thioether (sulfide) groups is 1. The highest BCUT2D eigenvalue weighted by Gasteiger charge is 2.16. The minimum Gasteiger partial charge on any atom is -0.464 e. The third-order valence-electron chi connectivity index (χ3n) is 4.04. The SMILES string of the molecule is CCn1c(C(C)NCc2ccc(CSC(F)F)o2)nc2ccccc21. The molecule has 134 valence electrons. The largest absolute Gasteiger partial charge is 0.464 e. The number of hydrogen-bond acceptors (Lipinski definition) is 4. The maximum absolute atomic E-state index is 12.2. The summed E-state index contributed by atoms with van der Waals surface area (Å²) in [7, 11) is 0. The van der Waals surface area contributed by atoms with E-state index in [1.54, 1.807) is 6.07 Å². The number of nitrogens with one attached hydrogen (secondary N) is 1. The molecule has 0 fully saturated rings. The van der Waals surface area contributed by atoms with Gasteiger partial charge >= 0.3 is 0 Å². The number of hydrogen-bond donors (Lipinski definition) is 1. The molecular formula is C18H21F2N3OS. The lowest BCUT2D eigenvalue weighted by Gasteiger charge is -2.14. The molecule has 1 unspecified atom stereocenters. The van der Waals surface area contributed by atoms with Crippen molar-refractivity contribution >= 4 is 22.8 Å². The van der Waals surface area contributed by atoms with Gasteiger partial charge in [0.1, 0.15) is 17.3 Å². The van der Waals surface area contributed by atoms with Crippen molar-refractivity contribution in [2.24, 2.45) is 0 Å². The van der Waals surface area contributed by atoms with Crippen LogP contribution in [0.5, 0.6) is 0 Å². The first kappa shape index (κ1) is 17.9. The van der Waals surface area contributed by atoms with E-state index in [2.05, 4.69) is 29.8 Å². The normalized spacial score (nSPS) is 13.0. The minimum atomic E-state index is -2.38. The van der Waals surface area contributed by atoms with Gasteiger partial charge in [-0.3, -0.25) is 0 Å². The highest BCUT2D eigenvalue weighted by atomic mass is 32.2. The van der Waals surface area contributed by atoms with Crippen LogP contribution in [-0.2, 0) is 18.8 Å². The first-order valence-electron chi connectivity index (χ1n) is 8.24. The van der Waals surface area contributed by atoms with E-state index in [9.17, 15) is 8.78 Å². The second-order valence-electron chi connectivity index (χ2n) is 5.75. The second kappa shape index (κ2) is 8.01. The molecule has 0 bridgehead atoms. The van der Waals surface area contributed by atoms with Gasteiger partial charge in [-0.05, 0) is 38.1 Å². The molecule has 2 aromatic heterocycles. The summed E-state index contributed by atoms with van der Waals surface area (Å²) in [5.74, 6) is 0.0719. The third kappa shape index (κ3) is 4.22. The molecule has 0 aliphatic rings. The fourth-order valence-electron chi connectivity index (χ4n) is 2.84. The Labute approximate surface area is 149 Å². The van der Waals surface area contributed by atoms with E-state index in [1.807, 2.05) is 24.3 Å². The Balaban J connectivity index is 1.66. The number of benzene rings is 1. The summed E-state index contributed by atoms with van der Waals surface area (Å²) in [6.45, 7) is 5.53. The maximum atomic E-state index is 12.2. The highest BCUT2D eigenvalue weighted by molar-refractivity contribution is 7.98. The fourth-order valence-corrected chi connectivity index (χ4v) is 3.29. The fraction of sp³-hybridized carbons (Fsp3) is 0.389. The summed E-state index contributed by atoms with van der Waals surface area (Å²) in [6.07, 6.45) is 0. The number of halogens is 2. The van der Waals surface area contributed by atoms with E-state index in [4.69, 9.17) is 9.40 Å². The number of aryl methyl sites for hydroxylation is 1. The van der Waals surface area contributed by atoms with Crippen LogP contribution in [-0.4, -0.2) is 15.3 Å². The van der Waals surface area contributed by atoms with Crippen molar-refractivity contribution in [3.8, 4) is 0 Å². The minimum absolute atomic E-state index is 0.0383. The van der Waals surface area contributed by atoms with Crippen LogP contribution in [0.2, 0.25) is 0 Å². The van der Waals surface area contributed by atoms with Gasteiger partial charge in [0, 0.05) is 6.54 Å². The van der Waals surface area contributed by atoms with Gasteiger partial charge in [0.05, 0.1) is 29.4 Å². The van der Waals surface area contributed by atoms with E-state index < -0.39 is 5.76 Å². The molecule has 0 saturated carbocycles. The molecule has 0 spiro atoms. The molecule has 3 aromatic rings. The number of nitrogens with zero attached hydrogens (tertiary/aromatic N) is 2. The van der Waals surface area contributed by atoms with E-state index in [0.29, 0.717) is 24.1 Å². The molecule has 0 saturated heterocycles. The van der Waals surface area contributed by atoms with Crippen LogP contribution < -0.4 is 5.32 Å². The lowest BCUT2D eigenvalue weighted by atomic mass is 10.3. The molecule has 4 nitrogen and oxygen atoms in total. The van der Waals surface area contributed by atoms with Crippen LogP contribution in [0.15, 0.2) is 40.8 Å². The van der Waals surface area contributed by atoms with Crippen LogP contribution in [0, 0.1) is 0 Å². The van der Waals surface area contributed by atoms with Crippen LogP contribution in [0.25, 0.3) is 11.0 Å². The van der Waals surface area contributed by atoms with Crippen molar-refractivity contribution in [1.82, 2.24) is 14.9 Å². The molecule has 2 heterocycles. The molecule has 25 heavy (non-hydrogen) atoms. The lowest BCUT2D eigenvalue weighted by Crippen LogP contribution is -2.21. The molecule has 0 amide bonds. The highest BCUT2D eigenvalue weighted by Crippen LogP contribution is 2.23. The monoisotopic (exact) mass is 365 g/mol. The molecular weight excluding hydrogens is 344 g/mol. The van der Waals surface area contributed by atoms with Crippen LogP contribution >= 0.6 is 11.8 Å². The summed E-state index contributed by atoms with van der Waals surface area (Å²) in [4.78, 5) is 4.73. The third-order valence-corrected chi connectivity index (χ3v) is 4.74.